The smallest absolute Gasteiger partial charge is 0.327 e. The molecule has 2 unspecified atom stereocenters. The van der Waals surface area contributed by atoms with Crippen LogP contribution in [0.4, 0.5) is 0 Å². The lowest BCUT2D eigenvalue weighted by atomic mass is 10.1. The van der Waals surface area contributed by atoms with Crippen molar-refractivity contribution < 1.29 is 14.7 Å². The molecule has 0 spiro atoms. The van der Waals surface area contributed by atoms with E-state index in [9.17, 15) is 9.59 Å². The zero-order chi connectivity index (χ0) is 14.2. The van der Waals surface area contributed by atoms with Gasteiger partial charge in [0.2, 0.25) is 0 Å². The number of carbonyl (C=O) groups excluding carboxylic acids is 1. The average molecular weight is 365 g/mol. The maximum absolute atomic E-state index is 12.4. The first-order chi connectivity index (χ1) is 8.91. The third-order valence-corrected chi connectivity index (χ3v) is 5.34. The first kappa shape index (κ1) is 14.7. The van der Waals surface area contributed by atoms with E-state index in [1.165, 1.54) is 16.7 Å². The van der Waals surface area contributed by atoms with Crippen LogP contribution in [0.15, 0.2) is 22.7 Å². The molecule has 2 atom stereocenters. The van der Waals surface area contributed by atoms with Gasteiger partial charge < -0.3 is 10.0 Å². The zero-order valence-corrected chi connectivity index (χ0v) is 13.1. The molecule has 0 aliphatic carbocycles. The Balaban J connectivity index is 2.31. The van der Waals surface area contributed by atoms with Crippen LogP contribution in [0.1, 0.15) is 17.3 Å². The SMILES string of the molecule is CC1SCC(C(=O)O)N1C(=O)c1ccc(Cl)c(Br)c1. The van der Waals surface area contributed by atoms with Crippen LogP contribution in [0.25, 0.3) is 0 Å². The normalized spacial score (nSPS) is 22.6. The van der Waals surface area contributed by atoms with Crippen LogP contribution in [-0.2, 0) is 4.79 Å². The topological polar surface area (TPSA) is 57.6 Å². The molecule has 0 aromatic heterocycles. The number of thioether (sulfide) groups is 1. The van der Waals surface area contributed by atoms with Crippen LogP contribution in [0.3, 0.4) is 0 Å². The molecule has 1 aromatic carbocycles. The Bertz CT molecular complexity index is 540. The number of carbonyl (C=O) groups is 2. The Morgan fingerprint density at radius 1 is 1.53 bits per heavy atom. The van der Waals surface area contributed by atoms with Crippen LogP contribution in [0, 0.1) is 0 Å². The average Bonchev–Trinajstić information content (AvgIpc) is 2.74. The summed E-state index contributed by atoms with van der Waals surface area (Å²) in [7, 11) is 0. The van der Waals surface area contributed by atoms with Crippen molar-refractivity contribution in [1.29, 1.82) is 0 Å². The molecule has 1 aliphatic rings. The van der Waals surface area contributed by atoms with E-state index >= 15 is 0 Å². The molecule has 1 aromatic rings. The van der Waals surface area contributed by atoms with E-state index in [0.717, 1.165) is 0 Å². The highest BCUT2D eigenvalue weighted by Gasteiger charge is 2.39. The van der Waals surface area contributed by atoms with Crippen LogP contribution in [-0.4, -0.2) is 39.1 Å². The van der Waals surface area contributed by atoms with Gasteiger partial charge in [0.15, 0.2) is 0 Å². The summed E-state index contributed by atoms with van der Waals surface area (Å²) in [6.45, 7) is 1.83. The highest BCUT2D eigenvalue weighted by molar-refractivity contribution is 9.10. The number of hydrogen-bond acceptors (Lipinski definition) is 3. The van der Waals surface area contributed by atoms with E-state index in [2.05, 4.69) is 15.9 Å². The predicted molar refractivity (Wildman–Crippen MR) is 78.7 cm³/mol. The van der Waals surface area contributed by atoms with Crippen molar-refractivity contribution in [2.24, 2.45) is 0 Å². The van der Waals surface area contributed by atoms with Crippen LogP contribution < -0.4 is 0 Å². The van der Waals surface area contributed by atoms with Crippen molar-refractivity contribution in [3.63, 3.8) is 0 Å². The Labute approximate surface area is 128 Å². The molecular weight excluding hydrogens is 354 g/mol. The van der Waals surface area contributed by atoms with Gasteiger partial charge >= 0.3 is 5.97 Å². The number of nitrogens with zero attached hydrogens (tertiary/aromatic N) is 1. The number of carboxylic acid groups (broad SMARTS) is 1. The monoisotopic (exact) mass is 363 g/mol. The number of hydrogen-bond donors (Lipinski definition) is 1. The van der Waals surface area contributed by atoms with Gasteiger partial charge in [-0.3, -0.25) is 4.79 Å². The van der Waals surface area contributed by atoms with E-state index in [4.69, 9.17) is 16.7 Å². The lowest BCUT2D eigenvalue weighted by Crippen LogP contribution is -2.44. The fraction of sp³-hybridized carbons (Fsp3) is 0.333. The lowest BCUT2D eigenvalue weighted by molar-refractivity contribution is -0.141. The summed E-state index contributed by atoms with van der Waals surface area (Å²) in [5.74, 6) is -0.850. The largest absolute Gasteiger partial charge is 0.480 e. The number of aliphatic carboxylic acids is 1. The van der Waals surface area contributed by atoms with E-state index in [0.29, 0.717) is 20.8 Å². The third-order valence-electron chi connectivity index (χ3n) is 2.91. The van der Waals surface area contributed by atoms with Gasteiger partial charge in [-0.1, -0.05) is 11.6 Å². The van der Waals surface area contributed by atoms with Gasteiger partial charge in [-0.15, -0.1) is 11.8 Å². The molecular formula is C12H11BrClNO3S. The maximum atomic E-state index is 12.4. The fourth-order valence-corrected chi connectivity index (χ4v) is 3.58. The molecule has 0 radical (unpaired) electrons. The summed E-state index contributed by atoms with van der Waals surface area (Å²) >= 11 is 10.6. The van der Waals surface area contributed by atoms with Gasteiger partial charge in [-0.25, -0.2) is 4.79 Å². The molecule has 19 heavy (non-hydrogen) atoms. The molecule has 4 nitrogen and oxygen atoms in total. The van der Waals surface area contributed by atoms with E-state index in [1.807, 2.05) is 6.92 Å². The number of rotatable bonds is 2. The number of carboxylic acids is 1. The highest BCUT2D eigenvalue weighted by Crippen LogP contribution is 2.31. The summed E-state index contributed by atoms with van der Waals surface area (Å²) in [5.41, 5.74) is 0.428. The highest BCUT2D eigenvalue weighted by atomic mass is 79.9. The standard InChI is InChI=1S/C12H11BrClNO3S/c1-6-15(10(5-19-6)12(17)18)11(16)7-2-3-9(14)8(13)4-7/h2-4,6,10H,5H2,1H3,(H,17,18). The van der Waals surface area contributed by atoms with Crippen molar-refractivity contribution in [3.05, 3.63) is 33.3 Å². The molecule has 1 heterocycles. The summed E-state index contributed by atoms with van der Waals surface area (Å²) in [6, 6.07) is 4.05. The lowest BCUT2D eigenvalue weighted by Gasteiger charge is -2.25. The van der Waals surface area contributed by atoms with Crippen molar-refractivity contribution in [2.45, 2.75) is 18.3 Å². The first-order valence-electron chi connectivity index (χ1n) is 5.54. The fourth-order valence-electron chi connectivity index (χ4n) is 1.92. The molecule has 1 fully saturated rings. The van der Waals surface area contributed by atoms with E-state index < -0.39 is 12.0 Å². The number of benzene rings is 1. The molecule has 7 heteroatoms. The number of halogens is 2. The summed E-state index contributed by atoms with van der Waals surface area (Å²) in [5, 5.41) is 9.52. The number of amides is 1. The van der Waals surface area contributed by atoms with Gasteiger partial charge in [0.25, 0.3) is 5.91 Å². The Morgan fingerprint density at radius 3 is 2.79 bits per heavy atom. The van der Waals surface area contributed by atoms with Gasteiger partial charge in [0.05, 0.1) is 10.4 Å². The van der Waals surface area contributed by atoms with Crippen molar-refractivity contribution >= 4 is 51.2 Å². The molecule has 1 aliphatic heterocycles. The van der Waals surface area contributed by atoms with Crippen molar-refractivity contribution in [3.8, 4) is 0 Å². The van der Waals surface area contributed by atoms with E-state index in [-0.39, 0.29) is 11.3 Å². The minimum absolute atomic E-state index is 0.150. The van der Waals surface area contributed by atoms with Crippen LogP contribution in [0.5, 0.6) is 0 Å². The third kappa shape index (κ3) is 2.90. The molecule has 0 bridgehead atoms. The van der Waals surface area contributed by atoms with Gasteiger partial charge in [0.1, 0.15) is 6.04 Å². The van der Waals surface area contributed by atoms with Crippen molar-refractivity contribution in [2.75, 3.05) is 5.75 Å². The van der Waals surface area contributed by atoms with Crippen LogP contribution >= 0.6 is 39.3 Å². The summed E-state index contributed by atoms with van der Waals surface area (Å²) in [4.78, 5) is 25.0. The Hall–Kier alpha value is -0.720. The predicted octanol–water partition coefficient (Wildman–Crippen LogP) is 3.09. The van der Waals surface area contributed by atoms with Crippen molar-refractivity contribution in [1.82, 2.24) is 4.90 Å². The zero-order valence-electron chi connectivity index (χ0n) is 9.97. The first-order valence-corrected chi connectivity index (χ1v) is 7.76. The molecule has 1 N–H and O–H groups in total. The van der Waals surface area contributed by atoms with Gasteiger partial charge in [0, 0.05) is 15.8 Å². The minimum atomic E-state index is -0.974. The van der Waals surface area contributed by atoms with Gasteiger partial charge in [-0.2, -0.15) is 0 Å². The van der Waals surface area contributed by atoms with Crippen LogP contribution in [0.2, 0.25) is 5.02 Å². The molecule has 102 valence electrons. The second-order valence-electron chi connectivity index (χ2n) is 4.13. The minimum Gasteiger partial charge on any atom is -0.480 e. The second kappa shape index (κ2) is 5.73. The molecule has 2 rings (SSSR count). The summed E-state index contributed by atoms with van der Waals surface area (Å²) in [6.07, 6.45) is 0. The molecule has 0 saturated carbocycles. The molecule has 1 saturated heterocycles. The maximum Gasteiger partial charge on any atom is 0.327 e. The molecule has 1 amide bonds. The Morgan fingerprint density at radius 2 is 2.21 bits per heavy atom. The second-order valence-corrected chi connectivity index (χ2v) is 6.74. The quantitative estimate of drug-likeness (QED) is 0.876. The van der Waals surface area contributed by atoms with E-state index in [1.54, 1.807) is 18.2 Å². The summed E-state index contributed by atoms with van der Waals surface area (Å²) < 4.78 is 0.617. The Kier molecular flexibility index (Phi) is 4.43. The van der Waals surface area contributed by atoms with Gasteiger partial charge in [-0.05, 0) is 41.1 Å².